The van der Waals surface area contributed by atoms with Gasteiger partial charge in [-0.25, -0.2) is 0 Å². The van der Waals surface area contributed by atoms with E-state index < -0.39 is 0 Å². The number of carbonyl (C=O) groups is 1. The highest BCUT2D eigenvalue weighted by Gasteiger charge is 2.28. The van der Waals surface area contributed by atoms with Crippen molar-refractivity contribution in [2.45, 2.75) is 58.1 Å². The van der Waals surface area contributed by atoms with E-state index in [2.05, 4.69) is 12.2 Å². The lowest BCUT2D eigenvalue weighted by Gasteiger charge is -2.34. The third-order valence-corrected chi connectivity index (χ3v) is 3.22. The van der Waals surface area contributed by atoms with Crippen molar-refractivity contribution in [3.8, 4) is 0 Å². The van der Waals surface area contributed by atoms with E-state index in [1.165, 1.54) is 0 Å². The van der Waals surface area contributed by atoms with E-state index in [1.807, 2.05) is 11.8 Å². The number of likely N-dealkylation sites (tertiary alicyclic amines) is 1. The van der Waals surface area contributed by atoms with Crippen LogP contribution < -0.4 is 5.32 Å². The summed E-state index contributed by atoms with van der Waals surface area (Å²) >= 11 is 0. The van der Waals surface area contributed by atoms with E-state index in [1.54, 1.807) is 0 Å². The minimum atomic E-state index is -0.367. The van der Waals surface area contributed by atoms with E-state index >= 15 is 0 Å². The number of carbonyl (C=O) groups excluding carboxylic acids is 1. The Morgan fingerprint density at radius 3 is 2.88 bits per heavy atom. The van der Waals surface area contributed by atoms with Crippen molar-refractivity contribution in [1.82, 2.24) is 10.2 Å². The fourth-order valence-corrected chi connectivity index (χ4v) is 2.31. The lowest BCUT2D eigenvalue weighted by molar-refractivity contribution is -0.137. The van der Waals surface area contributed by atoms with Crippen molar-refractivity contribution < 1.29 is 9.90 Å². The second kappa shape index (κ2) is 7.67. The summed E-state index contributed by atoms with van der Waals surface area (Å²) in [6.07, 6.45) is 4.37. The molecule has 1 heterocycles. The van der Waals surface area contributed by atoms with Gasteiger partial charge in [0.1, 0.15) is 0 Å². The van der Waals surface area contributed by atoms with Crippen molar-refractivity contribution in [2.75, 3.05) is 19.6 Å². The predicted octanol–water partition coefficient (Wildman–Crippen LogP) is 1.14. The molecule has 0 spiro atoms. The maximum Gasteiger partial charge on any atom is 0.239 e. The van der Waals surface area contributed by atoms with Crippen molar-refractivity contribution >= 4 is 5.91 Å². The van der Waals surface area contributed by atoms with Gasteiger partial charge >= 0.3 is 0 Å². The van der Waals surface area contributed by atoms with Gasteiger partial charge in [0.05, 0.1) is 12.1 Å². The largest absolute Gasteiger partial charge is 0.391 e. The molecule has 2 N–H and O–H groups in total. The fourth-order valence-electron chi connectivity index (χ4n) is 2.31. The molecule has 0 bridgehead atoms. The van der Waals surface area contributed by atoms with Crippen LogP contribution in [0.1, 0.15) is 46.0 Å². The Hall–Kier alpha value is -0.610. The summed E-state index contributed by atoms with van der Waals surface area (Å²) in [7, 11) is 0. The maximum atomic E-state index is 12.1. The molecule has 1 amide bonds. The zero-order valence-corrected chi connectivity index (χ0v) is 11.1. The first kappa shape index (κ1) is 14.5. The molecule has 1 aliphatic rings. The summed E-state index contributed by atoms with van der Waals surface area (Å²) in [4.78, 5) is 13.9. The van der Waals surface area contributed by atoms with Crippen LogP contribution in [0.15, 0.2) is 0 Å². The number of hydrogen-bond donors (Lipinski definition) is 2. The lowest BCUT2D eigenvalue weighted by Crippen LogP contribution is -2.52. The number of hydrogen-bond acceptors (Lipinski definition) is 3. The number of β-amino-alcohol motifs (C(OH)–C–C–N with tert-alkyl or cyclic N) is 1. The number of rotatable bonds is 7. The molecule has 2 atom stereocenters. The highest BCUT2D eigenvalue weighted by molar-refractivity contribution is 5.82. The van der Waals surface area contributed by atoms with E-state index in [0.717, 1.165) is 45.2 Å². The van der Waals surface area contributed by atoms with Crippen molar-refractivity contribution in [3.05, 3.63) is 0 Å². The van der Waals surface area contributed by atoms with Crippen LogP contribution in [0.4, 0.5) is 0 Å². The van der Waals surface area contributed by atoms with Gasteiger partial charge in [0, 0.05) is 13.1 Å². The summed E-state index contributed by atoms with van der Waals surface area (Å²) in [5.41, 5.74) is 0. The molecule has 0 aromatic heterocycles. The van der Waals surface area contributed by atoms with Gasteiger partial charge in [0.2, 0.25) is 5.91 Å². The normalized spacial score (nSPS) is 22.9. The van der Waals surface area contributed by atoms with Gasteiger partial charge in [0.15, 0.2) is 0 Å². The Balaban J connectivity index is 2.41. The number of piperidine rings is 1. The summed E-state index contributed by atoms with van der Waals surface area (Å²) in [6, 6.07) is -0.0301. The SMILES string of the molecule is CCCNC1CCCN(CC(O)CCC)C1=O. The molecule has 0 saturated carbocycles. The summed E-state index contributed by atoms with van der Waals surface area (Å²) in [6.45, 7) is 6.33. The maximum absolute atomic E-state index is 12.1. The third kappa shape index (κ3) is 4.64. The van der Waals surface area contributed by atoms with Gasteiger partial charge < -0.3 is 15.3 Å². The molecular formula is C13H26N2O2. The minimum absolute atomic E-state index is 0.0301. The van der Waals surface area contributed by atoms with E-state index in [9.17, 15) is 9.90 Å². The molecule has 4 nitrogen and oxygen atoms in total. The molecular weight excluding hydrogens is 216 g/mol. The first-order valence-corrected chi connectivity index (χ1v) is 6.89. The monoisotopic (exact) mass is 242 g/mol. The molecule has 0 aromatic rings. The molecule has 0 aromatic carbocycles. The average molecular weight is 242 g/mol. The van der Waals surface area contributed by atoms with Gasteiger partial charge in [0.25, 0.3) is 0 Å². The minimum Gasteiger partial charge on any atom is -0.391 e. The Kier molecular flexibility index (Phi) is 6.52. The summed E-state index contributed by atoms with van der Waals surface area (Å²) in [5.74, 6) is 0.167. The molecule has 1 fully saturated rings. The smallest absolute Gasteiger partial charge is 0.239 e. The molecule has 1 rings (SSSR count). The number of nitrogens with zero attached hydrogens (tertiary/aromatic N) is 1. The van der Waals surface area contributed by atoms with Crippen LogP contribution in [0.3, 0.4) is 0 Å². The quantitative estimate of drug-likeness (QED) is 0.704. The number of aliphatic hydroxyl groups excluding tert-OH is 1. The van der Waals surface area contributed by atoms with Crippen molar-refractivity contribution in [1.29, 1.82) is 0 Å². The van der Waals surface area contributed by atoms with Crippen LogP contribution in [0.5, 0.6) is 0 Å². The Morgan fingerprint density at radius 1 is 1.47 bits per heavy atom. The van der Waals surface area contributed by atoms with Crippen LogP contribution in [0, 0.1) is 0 Å². The molecule has 0 aliphatic carbocycles. The summed E-state index contributed by atoms with van der Waals surface area (Å²) in [5, 5.41) is 13.1. The van der Waals surface area contributed by atoms with Gasteiger partial charge in [-0.2, -0.15) is 0 Å². The average Bonchev–Trinajstić information content (AvgIpc) is 2.30. The van der Waals surface area contributed by atoms with Crippen LogP contribution in [-0.2, 0) is 4.79 Å². The molecule has 1 aliphatic heterocycles. The van der Waals surface area contributed by atoms with Crippen LogP contribution in [-0.4, -0.2) is 47.7 Å². The summed E-state index contributed by atoms with van der Waals surface area (Å²) < 4.78 is 0. The predicted molar refractivity (Wildman–Crippen MR) is 68.8 cm³/mol. The lowest BCUT2D eigenvalue weighted by atomic mass is 10.0. The molecule has 1 saturated heterocycles. The number of nitrogens with one attached hydrogen (secondary N) is 1. The third-order valence-electron chi connectivity index (χ3n) is 3.22. The van der Waals surface area contributed by atoms with Crippen LogP contribution in [0.2, 0.25) is 0 Å². The molecule has 0 radical (unpaired) electrons. The highest BCUT2D eigenvalue weighted by atomic mass is 16.3. The molecule has 100 valence electrons. The number of amides is 1. The topological polar surface area (TPSA) is 52.6 Å². The second-order valence-electron chi connectivity index (χ2n) is 4.88. The van der Waals surface area contributed by atoms with Gasteiger partial charge in [-0.1, -0.05) is 20.3 Å². The highest BCUT2D eigenvalue weighted by Crippen LogP contribution is 2.13. The molecule has 4 heteroatoms. The standard InChI is InChI=1S/C13H26N2O2/c1-3-6-11(16)10-15-9-5-7-12(13(15)17)14-8-4-2/h11-12,14,16H,3-10H2,1-2H3. The van der Waals surface area contributed by atoms with Gasteiger partial charge in [-0.05, 0) is 32.2 Å². The Morgan fingerprint density at radius 2 is 2.24 bits per heavy atom. The van der Waals surface area contributed by atoms with Crippen molar-refractivity contribution in [2.24, 2.45) is 0 Å². The Labute approximate surface area is 104 Å². The molecule has 17 heavy (non-hydrogen) atoms. The van der Waals surface area contributed by atoms with Crippen LogP contribution in [0.25, 0.3) is 0 Å². The zero-order chi connectivity index (χ0) is 12.7. The molecule has 2 unspecified atom stereocenters. The fraction of sp³-hybridized carbons (Fsp3) is 0.923. The Bertz CT molecular complexity index is 233. The first-order chi connectivity index (χ1) is 8.19. The van der Waals surface area contributed by atoms with Gasteiger partial charge in [-0.3, -0.25) is 4.79 Å². The zero-order valence-electron chi connectivity index (χ0n) is 11.1. The number of aliphatic hydroxyl groups is 1. The van der Waals surface area contributed by atoms with E-state index in [-0.39, 0.29) is 18.1 Å². The first-order valence-electron chi connectivity index (χ1n) is 6.89. The van der Waals surface area contributed by atoms with Gasteiger partial charge in [-0.15, -0.1) is 0 Å². The van der Waals surface area contributed by atoms with E-state index in [4.69, 9.17) is 0 Å². The second-order valence-corrected chi connectivity index (χ2v) is 4.88. The van der Waals surface area contributed by atoms with Crippen molar-refractivity contribution in [3.63, 3.8) is 0 Å². The van der Waals surface area contributed by atoms with E-state index in [0.29, 0.717) is 6.54 Å². The van der Waals surface area contributed by atoms with Crippen LogP contribution >= 0.6 is 0 Å².